The van der Waals surface area contributed by atoms with Crippen molar-refractivity contribution in [1.82, 2.24) is 0 Å². The minimum Gasteiger partial charge on any atom is -0.459 e. The average molecular weight is 497 g/mol. The summed E-state index contributed by atoms with van der Waals surface area (Å²) in [5.41, 5.74) is -4.20. The Morgan fingerprint density at radius 2 is 1.85 bits per heavy atom. The lowest BCUT2D eigenvalue weighted by Crippen LogP contribution is -2.77. The number of esters is 3. The second-order valence-electron chi connectivity index (χ2n) is 10.1. The monoisotopic (exact) mass is 496 g/mol. The topological polar surface area (TPSA) is 125 Å². The summed E-state index contributed by atoms with van der Waals surface area (Å²) in [6.45, 7) is 11.1. The summed E-state index contributed by atoms with van der Waals surface area (Å²) in [4.78, 5) is 50.7. The smallest absolute Gasteiger partial charge is 0.312 e. The molecule has 4 rings (SSSR count). The van der Waals surface area contributed by atoms with Crippen molar-refractivity contribution < 1.29 is 43.2 Å². The van der Waals surface area contributed by atoms with Crippen molar-refractivity contribution in [3.05, 3.63) is 24.3 Å². The number of halogens is 1. The lowest BCUT2D eigenvalue weighted by atomic mass is 9.52. The molecular weight excluding hydrogens is 468 g/mol. The molecule has 186 valence electrons. The summed E-state index contributed by atoms with van der Waals surface area (Å²) in [5, 5.41) is 10.3. The first-order valence-electron chi connectivity index (χ1n) is 11.2. The Morgan fingerprint density at radius 3 is 2.44 bits per heavy atom. The van der Waals surface area contributed by atoms with Crippen LogP contribution >= 0.6 is 11.6 Å². The maximum atomic E-state index is 13.2. The highest BCUT2D eigenvalue weighted by molar-refractivity contribution is 6.23. The van der Waals surface area contributed by atoms with Gasteiger partial charge in [-0.15, -0.1) is 11.6 Å². The molecule has 1 aliphatic carbocycles. The zero-order valence-corrected chi connectivity index (χ0v) is 20.5. The third-order valence-electron chi connectivity index (χ3n) is 7.88. The first kappa shape index (κ1) is 24.9. The van der Waals surface area contributed by atoms with Crippen LogP contribution in [-0.4, -0.2) is 69.8 Å². The van der Waals surface area contributed by atoms with Crippen LogP contribution in [0.25, 0.3) is 0 Å². The molecule has 9 nitrogen and oxygen atoms in total. The molecule has 4 aliphatic rings. The third-order valence-corrected chi connectivity index (χ3v) is 8.42. The molecule has 3 fully saturated rings. The van der Waals surface area contributed by atoms with Crippen molar-refractivity contribution in [3.63, 3.8) is 0 Å². The van der Waals surface area contributed by atoms with Crippen LogP contribution in [0.15, 0.2) is 24.3 Å². The minimum atomic E-state index is -1.79. The van der Waals surface area contributed by atoms with Gasteiger partial charge in [-0.25, -0.2) is 0 Å². The first-order valence-corrected chi connectivity index (χ1v) is 11.6. The molecular formula is C24H29ClO9. The van der Waals surface area contributed by atoms with Gasteiger partial charge in [0.2, 0.25) is 0 Å². The van der Waals surface area contributed by atoms with Crippen LogP contribution in [0.4, 0.5) is 0 Å². The predicted molar refractivity (Wildman–Crippen MR) is 118 cm³/mol. The Hall–Kier alpha value is -2.23. The predicted octanol–water partition coefficient (Wildman–Crippen LogP) is 1.63. The van der Waals surface area contributed by atoms with E-state index in [-0.39, 0.29) is 6.42 Å². The highest BCUT2D eigenvalue weighted by atomic mass is 35.5. The number of carbonyl (C=O) groups excluding carboxylic acids is 4. The largest absolute Gasteiger partial charge is 0.459 e. The third kappa shape index (κ3) is 3.20. The van der Waals surface area contributed by atoms with E-state index < -0.39 is 81.9 Å². The molecule has 0 radical (unpaired) electrons. The van der Waals surface area contributed by atoms with Crippen LogP contribution < -0.4 is 0 Å². The Balaban J connectivity index is 2.06. The maximum Gasteiger partial charge on any atom is 0.312 e. The van der Waals surface area contributed by atoms with Gasteiger partial charge < -0.3 is 24.1 Å². The zero-order valence-electron chi connectivity index (χ0n) is 19.7. The van der Waals surface area contributed by atoms with E-state index >= 15 is 0 Å². The van der Waals surface area contributed by atoms with Gasteiger partial charge in [-0.1, -0.05) is 25.2 Å². The molecule has 10 atom stereocenters. The first-order chi connectivity index (χ1) is 15.7. The SMILES string of the molecule is C=C1C[C@@H](O)[C@H]2O[C@]3([C@H](OC(C)=O)[C@@H]4[C@]2(C)C=CC(=O)[C@@]4(C)OC(C)=O)[C@@H](C)C(=O)O[C@H]3[C@H]1Cl. The number of ether oxygens (including phenoxy) is 4. The van der Waals surface area contributed by atoms with Crippen LogP contribution in [-0.2, 0) is 38.1 Å². The number of hydrogen-bond acceptors (Lipinski definition) is 9. The fraction of sp³-hybridized carbons (Fsp3) is 0.667. The number of rotatable bonds is 2. The standard InChI is InChI=1S/C24H29ClO9/c1-10-9-14(28)18-22(5)8-7-15(29)23(6,33-13(4)27)17(22)20(31-12(3)26)24(34-18)11(2)21(30)32-19(24)16(10)25/h7-8,11,14,16-20,28H,1,9H2,2-6H3/t11-,14+,16-,17+,18+,19-,20+,22-,23+,24+/m0/s1. The second-order valence-corrected chi connectivity index (χ2v) is 10.5. The van der Waals surface area contributed by atoms with Crippen LogP contribution in [0.1, 0.15) is 41.0 Å². The maximum absolute atomic E-state index is 13.2. The van der Waals surface area contributed by atoms with Crippen LogP contribution in [0, 0.1) is 17.3 Å². The molecule has 0 unspecified atom stereocenters. The number of aliphatic hydroxyl groups excluding tert-OH is 1. The fourth-order valence-electron chi connectivity index (χ4n) is 6.39. The lowest BCUT2D eigenvalue weighted by Gasteiger charge is -2.63. The number of ketones is 1. The summed E-state index contributed by atoms with van der Waals surface area (Å²) in [5.74, 6) is -4.60. The zero-order chi connectivity index (χ0) is 25.4. The molecule has 1 N–H and O–H groups in total. The molecule has 0 aromatic carbocycles. The molecule has 0 aromatic heterocycles. The van der Waals surface area contributed by atoms with Gasteiger partial charge in [0, 0.05) is 19.3 Å². The summed E-state index contributed by atoms with van der Waals surface area (Å²) in [7, 11) is 0. The summed E-state index contributed by atoms with van der Waals surface area (Å²) >= 11 is 6.70. The molecule has 3 saturated heterocycles. The summed E-state index contributed by atoms with van der Waals surface area (Å²) < 4.78 is 23.7. The molecule has 0 aromatic rings. The van der Waals surface area contributed by atoms with Crippen LogP contribution in [0.3, 0.4) is 0 Å². The Morgan fingerprint density at radius 1 is 1.21 bits per heavy atom. The molecule has 3 aliphatic heterocycles. The molecule has 0 amide bonds. The Labute approximate surface area is 202 Å². The molecule has 3 heterocycles. The highest BCUT2D eigenvalue weighted by Crippen LogP contribution is 2.61. The van der Waals surface area contributed by atoms with Gasteiger partial charge in [-0.05, 0) is 26.3 Å². The van der Waals surface area contributed by atoms with Crippen molar-refractivity contribution in [2.24, 2.45) is 17.3 Å². The van der Waals surface area contributed by atoms with E-state index in [0.29, 0.717) is 5.57 Å². The summed E-state index contributed by atoms with van der Waals surface area (Å²) in [6.07, 6.45) is -1.64. The van der Waals surface area contributed by atoms with Crippen molar-refractivity contribution in [2.75, 3.05) is 0 Å². The van der Waals surface area contributed by atoms with Gasteiger partial charge in [0.25, 0.3) is 0 Å². The lowest BCUT2D eigenvalue weighted by molar-refractivity contribution is -0.318. The number of hydrogen-bond donors (Lipinski definition) is 1. The van der Waals surface area contributed by atoms with Crippen LogP contribution in [0.2, 0.25) is 0 Å². The van der Waals surface area contributed by atoms with Crippen LogP contribution in [0.5, 0.6) is 0 Å². The minimum absolute atomic E-state index is 0.0456. The van der Waals surface area contributed by atoms with E-state index in [0.717, 1.165) is 0 Å². The van der Waals surface area contributed by atoms with E-state index in [1.54, 1.807) is 19.9 Å². The van der Waals surface area contributed by atoms with Gasteiger partial charge in [-0.3, -0.25) is 19.2 Å². The highest BCUT2D eigenvalue weighted by Gasteiger charge is 2.77. The molecule has 2 bridgehead atoms. The van der Waals surface area contributed by atoms with Gasteiger partial charge >= 0.3 is 17.9 Å². The summed E-state index contributed by atoms with van der Waals surface area (Å²) in [6, 6.07) is 0. The number of aliphatic hydroxyl groups is 1. The van der Waals surface area contributed by atoms with Gasteiger partial charge in [0.1, 0.15) is 6.10 Å². The normalized spacial score (nSPS) is 47.6. The van der Waals surface area contributed by atoms with E-state index in [1.165, 1.54) is 26.8 Å². The van der Waals surface area contributed by atoms with E-state index in [9.17, 15) is 24.3 Å². The van der Waals surface area contributed by atoms with Crippen molar-refractivity contribution in [3.8, 4) is 0 Å². The van der Waals surface area contributed by atoms with E-state index in [4.69, 9.17) is 30.5 Å². The number of carbonyl (C=O) groups is 4. The quantitative estimate of drug-likeness (QED) is 0.263. The van der Waals surface area contributed by atoms with E-state index in [2.05, 4.69) is 6.58 Å². The van der Waals surface area contributed by atoms with Crippen molar-refractivity contribution in [1.29, 1.82) is 0 Å². The average Bonchev–Trinajstić information content (AvgIpc) is 2.96. The molecule has 34 heavy (non-hydrogen) atoms. The second kappa shape index (κ2) is 7.90. The van der Waals surface area contributed by atoms with Crippen molar-refractivity contribution in [2.45, 2.75) is 82.0 Å². The number of alkyl halides is 1. The Bertz CT molecular complexity index is 1010. The fourth-order valence-corrected chi connectivity index (χ4v) is 6.73. The Kier molecular flexibility index (Phi) is 5.78. The van der Waals surface area contributed by atoms with E-state index in [1.807, 2.05) is 0 Å². The molecule has 0 saturated carbocycles. The van der Waals surface area contributed by atoms with Gasteiger partial charge in [-0.2, -0.15) is 0 Å². The number of fused-ring (bicyclic) bond motifs is 3. The van der Waals surface area contributed by atoms with Gasteiger partial charge in [0.15, 0.2) is 23.1 Å². The molecule has 1 spiro atoms. The van der Waals surface area contributed by atoms with Crippen molar-refractivity contribution >= 4 is 35.3 Å². The molecule has 10 heteroatoms. The van der Waals surface area contributed by atoms with Gasteiger partial charge in [0.05, 0.1) is 29.4 Å².